The molecule has 0 aliphatic rings. The van der Waals surface area contributed by atoms with Crippen molar-refractivity contribution in [1.29, 1.82) is 0 Å². The van der Waals surface area contributed by atoms with Crippen molar-refractivity contribution < 1.29 is 4.42 Å². The average Bonchev–Trinajstić information content (AvgIpc) is 2.85. The van der Waals surface area contributed by atoms with Crippen molar-refractivity contribution in [1.82, 2.24) is 0 Å². The molecule has 3 heteroatoms. The van der Waals surface area contributed by atoms with Gasteiger partial charge in [-0.3, -0.25) is 0 Å². The molecule has 0 atom stereocenters. The first-order valence-corrected chi connectivity index (χ1v) is 7.55. The van der Waals surface area contributed by atoms with Gasteiger partial charge in [0, 0.05) is 15.9 Å². The van der Waals surface area contributed by atoms with Crippen molar-refractivity contribution in [2.45, 2.75) is 13.8 Å². The molecule has 0 bridgehead atoms. The maximum absolute atomic E-state index is 5.94. The Morgan fingerprint density at radius 2 is 1.89 bits per heavy atom. The molecular weight excluding hydrogens is 324 g/mol. The Morgan fingerprint density at radius 3 is 2.47 bits per heavy atom. The maximum Gasteiger partial charge on any atom is 0.134 e. The van der Waals surface area contributed by atoms with E-state index in [2.05, 4.69) is 29.8 Å². The summed E-state index contributed by atoms with van der Waals surface area (Å²) in [7, 11) is 0. The first kappa shape index (κ1) is 14.4. The highest BCUT2D eigenvalue weighted by molar-refractivity contribution is 9.10. The lowest BCUT2D eigenvalue weighted by molar-refractivity contribution is 0.570. The molecule has 0 radical (unpaired) electrons. The second kappa shape index (κ2) is 6.44. The predicted octanol–water partition coefficient (Wildman–Crippen LogP) is 5.99. The largest absolute Gasteiger partial charge is 0.457 e. The first-order chi connectivity index (χ1) is 9.10. The van der Waals surface area contributed by atoms with Gasteiger partial charge in [0.1, 0.15) is 11.5 Å². The number of furan rings is 1. The zero-order valence-corrected chi connectivity index (χ0v) is 13.3. The normalized spacial score (nSPS) is 12.2. The summed E-state index contributed by atoms with van der Waals surface area (Å²) in [4.78, 5) is 0. The lowest BCUT2D eigenvalue weighted by Gasteiger charge is -2.06. The minimum atomic E-state index is 0.429. The van der Waals surface area contributed by atoms with Crippen LogP contribution in [-0.4, -0.2) is 5.88 Å². The summed E-state index contributed by atoms with van der Waals surface area (Å²) in [6, 6.07) is 12.0. The lowest BCUT2D eigenvalue weighted by Crippen LogP contribution is -1.94. The third-order valence-electron chi connectivity index (χ3n) is 2.98. The van der Waals surface area contributed by atoms with Gasteiger partial charge in [-0.2, -0.15) is 0 Å². The molecule has 0 unspecified atom stereocenters. The number of halogens is 2. The van der Waals surface area contributed by atoms with Crippen molar-refractivity contribution >= 4 is 33.6 Å². The molecule has 1 aromatic carbocycles. The van der Waals surface area contributed by atoms with Crippen LogP contribution in [0, 0.1) is 5.92 Å². The molecule has 19 heavy (non-hydrogen) atoms. The third kappa shape index (κ3) is 3.74. The lowest BCUT2D eigenvalue weighted by atomic mass is 10.0. The number of rotatable bonds is 4. The molecule has 0 amide bonds. The van der Waals surface area contributed by atoms with E-state index < -0.39 is 0 Å². The SMILES string of the molecule is CC(C)C(=Cc1ccc(-c2ccc(Br)cc2)o1)CCl. The molecule has 0 fully saturated rings. The van der Waals surface area contributed by atoms with Crippen LogP contribution in [-0.2, 0) is 0 Å². The van der Waals surface area contributed by atoms with Gasteiger partial charge in [-0.1, -0.05) is 41.9 Å². The van der Waals surface area contributed by atoms with Gasteiger partial charge in [-0.15, -0.1) is 11.6 Å². The van der Waals surface area contributed by atoms with Crippen LogP contribution < -0.4 is 0 Å². The molecule has 0 saturated heterocycles. The van der Waals surface area contributed by atoms with E-state index in [9.17, 15) is 0 Å². The smallest absolute Gasteiger partial charge is 0.134 e. The van der Waals surface area contributed by atoms with E-state index in [0.717, 1.165) is 21.6 Å². The van der Waals surface area contributed by atoms with E-state index in [4.69, 9.17) is 16.0 Å². The fourth-order valence-corrected chi connectivity index (χ4v) is 2.39. The van der Waals surface area contributed by atoms with Gasteiger partial charge in [0.05, 0.1) is 0 Å². The zero-order chi connectivity index (χ0) is 13.8. The van der Waals surface area contributed by atoms with Crippen LogP contribution in [0.2, 0.25) is 0 Å². The average molecular weight is 340 g/mol. The fraction of sp³-hybridized carbons (Fsp3) is 0.250. The molecule has 2 aromatic rings. The molecule has 100 valence electrons. The Labute approximate surface area is 127 Å². The van der Waals surface area contributed by atoms with Crippen LogP contribution in [0.25, 0.3) is 17.4 Å². The van der Waals surface area contributed by atoms with E-state index in [1.54, 1.807) is 0 Å². The summed E-state index contributed by atoms with van der Waals surface area (Å²) in [5, 5.41) is 0. The van der Waals surface area contributed by atoms with Crippen LogP contribution in [0.15, 0.2) is 50.9 Å². The molecule has 2 rings (SSSR count). The highest BCUT2D eigenvalue weighted by Crippen LogP contribution is 2.26. The summed E-state index contributed by atoms with van der Waals surface area (Å²) in [5.74, 6) is 2.68. The number of benzene rings is 1. The predicted molar refractivity (Wildman–Crippen MR) is 85.4 cm³/mol. The highest BCUT2D eigenvalue weighted by atomic mass is 79.9. The Balaban J connectivity index is 2.26. The first-order valence-electron chi connectivity index (χ1n) is 6.22. The van der Waals surface area contributed by atoms with Crippen molar-refractivity contribution in [2.75, 3.05) is 5.88 Å². The molecule has 1 nitrogen and oxygen atoms in total. The molecule has 0 spiro atoms. The maximum atomic E-state index is 5.94. The van der Waals surface area contributed by atoms with Crippen molar-refractivity contribution in [3.63, 3.8) is 0 Å². The van der Waals surface area contributed by atoms with Gasteiger partial charge >= 0.3 is 0 Å². The minimum absolute atomic E-state index is 0.429. The number of allylic oxidation sites excluding steroid dienone is 1. The fourth-order valence-electron chi connectivity index (χ4n) is 1.74. The molecule has 0 aliphatic carbocycles. The molecule has 0 N–H and O–H groups in total. The van der Waals surface area contributed by atoms with E-state index >= 15 is 0 Å². The van der Waals surface area contributed by atoms with E-state index in [1.165, 1.54) is 5.57 Å². The minimum Gasteiger partial charge on any atom is -0.457 e. The Hall–Kier alpha value is -0.990. The second-order valence-corrected chi connectivity index (χ2v) is 5.90. The van der Waals surface area contributed by atoms with Crippen molar-refractivity contribution in [2.24, 2.45) is 5.92 Å². The van der Waals surface area contributed by atoms with Crippen LogP contribution in [0.1, 0.15) is 19.6 Å². The van der Waals surface area contributed by atoms with Gasteiger partial charge in [0.25, 0.3) is 0 Å². The van der Waals surface area contributed by atoms with Gasteiger partial charge in [-0.05, 0) is 41.8 Å². The number of hydrogen-bond donors (Lipinski definition) is 0. The summed E-state index contributed by atoms with van der Waals surface area (Å²) >= 11 is 9.36. The van der Waals surface area contributed by atoms with Crippen molar-refractivity contribution in [3.8, 4) is 11.3 Å². The second-order valence-electron chi connectivity index (χ2n) is 4.72. The highest BCUT2D eigenvalue weighted by Gasteiger charge is 2.06. The van der Waals surface area contributed by atoms with Crippen LogP contribution in [0.3, 0.4) is 0 Å². The summed E-state index contributed by atoms with van der Waals surface area (Å²) in [6.45, 7) is 4.26. The molecule has 1 heterocycles. The number of alkyl halides is 1. The van der Waals surface area contributed by atoms with Crippen molar-refractivity contribution in [3.05, 3.63) is 52.2 Å². The molecular formula is C16H16BrClO. The van der Waals surface area contributed by atoms with E-state index in [1.807, 2.05) is 42.5 Å². The molecule has 1 aromatic heterocycles. The molecule has 0 saturated carbocycles. The van der Waals surface area contributed by atoms with Crippen LogP contribution in [0.4, 0.5) is 0 Å². The summed E-state index contributed by atoms with van der Waals surface area (Å²) in [5.41, 5.74) is 2.25. The van der Waals surface area contributed by atoms with Gasteiger partial charge < -0.3 is 4.42 Å². The van der Waals surface area contributed by atoms with Gasteiger partial charge in [-0.25, -0.2) is 0 Å². The van der Waals surface area contributed by atoms with E-state index in [-0.39, 0.29) is 0 Å². The quantitative estimate of drug-likeness (QED) is 0.624. The number of hydrogen-bond acceptors (Lipinski definition) is 1. The Bertz CT molecular complexity index is 567. The topological polar surface area (TPSA) is 13.1 Å². The summed E-state index contributed by atoms with van der Waals surface area (Å²) < 4.78 is 6.90. The standard InChI is InChI=1S/C16H16BrClO/c1-11(2)13(10-18)9-15-7-8-16(19-15)12-3-5-14(17)6-4-12/h3-9,11H,10H2,1-2H3. The van der Waals surface area contributed by atoms with Crippen LogP contribution >= 0.6 is 27.5 Å². The van der Waals surface area contributed by atoms with Gasteiger partial charge in [0.15, 0.2) is 0 Å². The van der Waals surface area contributed by atoms with Gasteiger partial charge in [0.2, 0.25) is 0 Å². The Morgan fingerprint density at radius 1 is 1.21 bits per heavy atom. The zero-order valence-electron chi connectivity index (χ0n) is 11.0. The third-order valence-corrected chi connectivity index (χ3v) is 3.82. The summed E-state index contributed by atoms with van der Waals surface area (Å²) in [6.07, 6.45) is 2.03. The molecule has 0 aliphatic heterocycles. The monoisotopic (exact) mass is 338 g/mol. The van der Waals surface area contributed by atoms with Crippen LogP contribution in [0.5, 0.6) is 0 Å². The van der Waals surface area contributed by atoms with E-state index in [0.29, 0.717) is 11.8 Å². The Kier molecular flexibility index (Phi) is 4.89.